The second kappa shape index (κ2) is 22.2. The summed E-state index contributed by atoms with van der Waals surface area (Å²) in [5.74, 6) is 1.34. The van der Waals surface area contributed by atoms with Crippen LogP contribution in [0.1, 0.15) is 43.9 Å². The van der Waals surface area contributed by atoms with E-state index >= 15 is 12.8 Å². The third-order valence-electron chi connectivity index (χ3n) is 10.9. The molecule has 4 aromatic carbocycles. The number of sulfonamides is 2. The van der Waals surface area contributed by atoms with E-state index in [4.69, 9.17) is 18.9 Å². The smallest absolute Gasteiger partial charge is 0.407 e. The van der Waals surface area contributed by atoms with Gasteiger partial charge >= 0.3 is 12.2 Å². The molecule has 3 atom stereocenters. The Morgan fingerprint density at radius 2 is 1.39 bits per heavy atom. The highest BCUT2D eigenvalue weighted by molar-refractivity contribution is 7.92. The van der Waals surface area contributed by atoms with Crippen molar-refractivity contribution in [2.75, 3.05) is 52.4 Å². The first kappa shape index (κ1) is 51.8. The van der Waals surface area contributed by atoms with Crippen molar-refractivity contribution in [2.24, 2.45) is 0 Å². The molecule has 372 valence electrons. The molecular weight excluding hydrogens is 942 g/mol. The molecule has 5 aromatic rings. The molecule has 21 nitrogen and oxygen atoms in total. The van der Waals surface area contributed by atoms with E-state index in [-0.39, 0.29) is 49.7 Å². The second-order valence-electron chi connectivity index (χ2n) is 17.0. The molecule has 24 heteroatoms. The summed E-state index contributed by atoms with van der Waals surface area (Å²) < 4.78 is 104. The number of piperidine rings is 1. The molecule has 0 bridgehead atoms. The number of hydrogen-bond acceptors (Lipinski definition) is 15. The Kier molecular flexibility index (Phi) is 16.7. The first-order chi connectivity index (χ1) is 32.7. The number of amides is 2. The highest BCUT2D eigenvalue weighted by atomic mass is 32.2. The molecule has 0 spiro atoms. The largest absolute Gasteiger partial charge is 0.497 e. The van der Waals surface area contributed by atoms with E-state index in [2.05, 4.69) is 30.9 Å². The van der Waals surface area contributed by atoms with Gasteiger partial charge in [0, 0.05) is 38.4 Å². The third kappa shape index (κ3) is 13.3. The predicted molar refractivity (Wildman–Crippen MR) is 250 cm³/mol. The summed E-state index contributed by atoms with van der Waals surface area (Å²) >= 11 is 0. The maximum absolute atomic E-state index is 16.0. The van der Waals surface area contributed by atoms with Crippen LogP contribution in [0.3, 0.4) is 0 Å². The van der Waals surface area contributed by atoms with Crippen LogP contribution in [-0.2, 0) is 44.4 Å². The molecule has 0 radical (unpaired) electrons. The number of rotatable bonds is 20. The molecule has 2 amide bonds. The standard InChI is InChI=1S/C45H56FN9O12S2/c1-45(2,3)67-44(59)47-23-32(56)24-48-68(60,61)39-20-19-38(53-22-21-37(36(46)28-53)49-43(57)58)40(42-50-51-52-55(42)27-31-11-17-35(66-6)18-12-31)41(39)69(62,63)54(25-29-7-13-33(64-4)14-8-29)26-30-9-15-34(65-5)16-10-30/h7-20,32,36-37,48-49,56H,21-28H2,1-6H3,(H,47,59)(H,57,58)/t32-,36+,37-/m1/s1. The highest BCUT2D eigenvalue weighted by Gasteiger charge is 2.40. The summed E-state index contributed by atoms with van der Waals surface area (Å²) in [7, 11) is -5.59. The van der Waals surface area contributed by atoms with Crippen LogP contribution in [0.25, 0.3) is 11.4 Å². The minimum atomic E-state index is -5.10. The van der Waals surface area contributed by atoms with E-state index in [9.17, 15) is 28.2 Å². The lowest BCUT2D eigenvalue weighted by Crippen LogP contribution is -2.52. The lowest BCUT2D eigenvalue weighted by molar-refractivity contribution is 0.0494. The Bertz CT molecular complexity index is 2730. The fraction of sp³-hybridized carbons (Fsp3) is 0.400. The van der Waals surface area contributed by atoms with Crippen molar-refractivity contribution < 1.29 is 60.0 Å². The van der Waals surface area contributed by atoms with Gasteiger partial charge in [-0.25, -0.2) is 40.2 Å². The average Bonchev–Trinajstić information content (AvgIpc) is 3.77. The first-order valence-electron chi connectivity index (χ1n) is 21.6. The number of aromatic nitrogens is 4. The number of halogens is 1. The number of methoxy groups -OCH3 is 3. The Morgan fingerprint density at radius 1 is 0.841 bits per heavy atom. The molecule has 0 saturated carbocycles. The van der Waals surface area contributed by atoms with Crippen LogP contribution in [0.4, 0.5) is 19.7 Å². The number of benzene rings is 4. The number of carbonyl (C=O) groups is 2. The summed E-state index contributed by atoms with van der Waals surface area (Å²) in [5, 5.41) is 37.3. The summed E-state index contributed by atoms with van der Waals surface area (Å²) in [6.07, 6.45) is -5.65. The van der Waals surface area contributed by atoms with Crippen molar-refractivity contribution in [3.8, 4) is 28.6 Å². The van der Waals surface area contributed by atoms with Gasteiger partial charge in [-0.1, -0.05) is 36.4 Å². The number of nitrogens with one attached hydrogen (secondary N) is 3. The van der Waals surface area contributed by atoms with E-state index in [1.807, 2.05) is 0 Å². The van der Waals surface area contributed by atoms with Crippen molar-refractivity contribution in [2.45, 2.75) is 80.5 Å². The number of anilines is 1. The fourth-order valence-electron chi connectivity index (χ4n) is 7.43. The maximum atomic E-state index is 16.0. The lowest BCUT2D eigenvalue weighted by atomic mass is 10.0. The zero-order valence-electron chi connectivity index (χ0n) is 38.8. The number of aliphatic hydroxyl groups is 1. The van der Waals surface area contributed by atoms with Gasteiger partial charge < -0.3 is 44.7 Å². The molecule has 1 fully saturated rings. The van der Waals surface area contributed by atoms with Crippen molar-refractivity contribution in [1.82, 2.24) is 39.9 Å². The number of alkyl carbamates (subject to hydrolysis) is 1. The van der Waals surface area contributed by atoms with Crippen LogP contribution in [0.5, 0.6) is 17.2 Å². The normalized spacial score (nSPS) is 15.9. The van der Waals surface area contributed by atoms with Crippen molar-refractivity contribution in [3.63, 3.8) is 0 Å². The average molecular weight is 998 g/mol. The van der Waals surface area contributed by atoms with Gasteiger partial charge in [-0.3, -0.25) is 0 Å². The molecule has 0 unspecified atom stereocenters. The van der Waals surface area contributed by atoms with Crippen LogP contribution >= 0.6 is 0 Å². The van der Waals surface area contributed by atoms with E-state index in [0.717, 1.165) is 10.4 Å². The summed E-state index contributed by atoms with van der Waals surface area (Å²) in [5.41, 5.74) is 0.472. The van der Waals surface area contributed by atoms with Crippen LogP contribution in [0.15, 0.2) is 94.7 Å². The van der Waals surface area contributed by atoms with E-state index in [1.165, 1.54) is 37.0 Å². The Labute approximate surface area is 399 Å². The van der Waals surface area contributed by atoms with Crippen molar-refractivity contribution in [3.05, 3.63) is 102 Å². The zero-order valence-corrected chi connectivity index (χ0v) is 40.5. The summed E-state index contributed by atoms with van der Waals surface area (Å²) in [6.45, 7) is 2.66. The monoisotopic (exact) mass is 997 g/mol. The number of nitrogens with zero attached hydrogens (tertiary/aromatic N) is 6. The molecule has 69 heavy (non-hydrogen) atoms. The molecule has 0 aliphatic carbocycles. The molecule has 1 aliphatic heterocycles. The van der Waals surface area contributed by atoms with Gasteiger partial charge in [-0.15, -0.1) is 5.10 Å². The van der Waals surface area contributed by atoms with Gasteiger partial charge in [0.25, 0.3) is 0 Å². The van der Waals surface area contributed by atoms with Crippen molar-refractivity contribution in [1.29, 1.82) is 0 Å². The van der Waals surface area contributed by atoms with Crippen molar-refractivity contribution >= 4 is 37.9 Å². The highest BCUT2D eigenvalue weighted by Crippen LogP contribution is 2.43. The van der Waals surface area contributed by atoms with Crippen LogP contribution in [-0.4, -0.2) is 135 Å². The molecule has 2 heterocycles. The minimum Gasteiger partial charge on any atom is -0.497 e. The molecular formula is C45H56FN9O12S2. The Balaban J connectivity index is 1.57. The number of alkyl halides is 1. The molecule has 1 aliphatic rings. The zero-order chi connectivity index (χ0) is 50.1. The quantitative estimate of drug-likeness (QED) is 0.0733. The predicted octanol–water partition coefficient (Wildman–Crippen LogP) is 4.15. The van der Waals surface area contributed by atoms with Gasteiger partial charge in [-0.2, -0.15) is 4.31 Å². The van der Waals surface area contributed by atoms with Gasteiger partial charge in [0.2, 0.25) is 20.0 Å². The van der Waals surface area contributed by atoms with Crippen LogP contribution in [0.2, 0.25) is 0 Å². The fourth-order valence-corrected chi connectivity index (χ4v) is 10.9. The minimum absolute atomic E-state index is 0.0134. The number of carbonyl (C=O) groups excluding carboxylic acids is 1. The Morgan fingerprint density at radius 3 is 1.90 bits per heavy atom. The lowest BCUT2D eigenvalue weighted by Gasteiger charge is -2.37. The van der Waals surface area contributed by atoms with Gasteiger partial charge in [-0.05, 0) is 103 Å². The molecule has 5 N–H and O–H groups in total. The molecule has 1 saturated heterocycles. The number of tetrazole rings is 1. The molecule has 6 rings (SSSR count). The molecule has 1 aromatic heterocycles. The van der Waals surface area contributed by atoms with Gasteiger partial charge in [0.15, 0.2) is 5.82 Å². The maximum Gasteiger partial charge on any atom is 0.407 e. The van der Waals surface area contributed by atoms with Crippen LogP contribution in [0, 0.1) is 0 Å². The van der Waals surface area contributed by atoms with E-state index in [0.29, 0.717) is 33.9 Å². The number of hydrogen-bond donors (Lipinski definition) is 5. The topological polar surface area (TPSA) is 266 Å². The SMILES string of the molecule is COc1ccc(CN(Cc2ccc(OC)cc2)S(=O)(=O)c2c(S(=O)(=O)NC[C@H](O)CNC(=O)OC(C)(C)C)ccc(N3CC[C@@H](NC(=O)O)[C@@H](F)C3)c2-c2nnnn2Cc2ccc(OC)cc2)cc1. The van der Waals surface area contributed by atoms with Gasteiger partial charge in [0.05, 0.1) is 52.1 Å². The number of carboxylic acid groups (broad SMARTS) is 1. The van der Waals surface area contributed by atoms with Crippen LogP contribution < -0.4 is 34.5 Å². The number of aliphatic hydroxyl groups excluding tert-OH is 1. The van der Waals surface area contributed by atoms with Gasteiger partial charge in [0.1, 0.15) is 38.8 Å². The second-order valence-corrected chi connectivity index (χ2v) is 20.6. The summed E-state index contributed by atoms with van der Waals surface area (Å²) in [4.78, 5) is 23.8. The third-order valence-corrected chi connectivity index (χ3v) is 14.3. The first-order valence-corrected chi connectivity index (χ1v) is 24.5. The number of ether oxygens (including phenoxy) is 4. The summed E-state index contributed by atoms with van der Waals surface area (Å²) in [6, 6.07) is 21.3. The van der Waals surface area contributed by atoms with E-state index in [1.54, 1.807) is 93.6 Å². The Hall–Kier alpha value is -6.60. The van der Waals surface area contributed by atoms with E-state index < -0.39 is 85.6 Å².